The molecule has 0 saturated heterocycles. The number of hydrogen-bond donors (Lipinski definition) is 3. The van der Waals surface area contributed by atoms with Crippen molar-refractivity contribution >= 4 is 21.8 Å². The van der Waals surface area contributed by atoms with Gasteiger partial charge in [-0.05, 0) is 6.92 Å². The van der Waals surface area contributed by atoms with E-state index in [0.717, 1.165) is 11.2 Å². The van der Waals surface area contributed by atoms with Gasteiger partial charge in [0.25, 0.3) is 0 Å². The van der Waals surface area contributed by atoms with Crippen molar-refractivity contribution < 1.29 is 28.2 Å². The molecule has 0 spiro atoms. The summed E-state index contributed by atoms with van der Waals surface area (Å²) >= 11 is 0. The SMILES string of the molecule is CN(CCS(C)(=O)=O)C(=O)NCC(C)(O)CC(=O)O. The number of carbonyl (C=O) groups is 2. The lowest BCUT2D eigenvalue weighted by Gasteiger charge is -2.24. The predicted molar refractivity (Wildman–Crippen MR) is 68.6 cm³/mol. The highest BCUT2D eigenvalue weighted by Gasteiger charge is 2.25. The van der Waals surface area contributed by atoms with Crippen LogP contribution >= 0.6 is 0 Å². The quantitative estimate of drug-likeness (QED) is 0.547. The van der Waals surface area contributed by atoms with Crippen LogP contribution in [0.5, 0.6) is 0 Å². The number of carboxylic acid groups (broad SMARTS) is 1. The molecule has 0 heterocycles. The third kappa shape index (κ3) is 9.25. The van der Waals surface area contributed by atoms with Crippen LogP contribution < -0.4 is 5.32 Å². The third-order valence-corrected chi connectivity index (χ3v) is 3.22. The highest BCUT2D eigenvalue weighted by Crippen LogP contribution is 2.07. The van der Waals surface area contributed by atoms with Gasteiger partial charge in [0.05, 0.1) is 17.8 Å². The molecule has 0 radical (unpaired) electrons. The van der Waals surface area contributed by atoms with Gasteiger partial charge in [-0.25, -0.2) is 13.2 Å². The van der Waals surface area contributed by atoms with Crippen molar-refractivity contribution in [2.75, 3.05) is 32.1 Å². The summed E-state index contributed by atoms with van der Waals surface area (Å²) in [6.45, 7) is 1.07. The summed E-state index contributed by atoms with van der Waals surface area (Å²) in [6.07, 6.45) is 0.566. The molecule has 0 rings (SSSR count). The number of amides is 2. The van der Waals surface area contributed by atoms with Crippen LogP contribution in [0.2, 0.25) is 0 Å². The fourth-order valence-electron chi connectivity index (χ4n) is 1.19. The van der Waals surface area contributed by atoms with Gasteiger partial charge in [-0.1, -0.05) is 0 Å². The van der Waals surface area contributed by atoms with Crippen LogP contribution in [0.1, 0.15) is 13.3 Å². The molecule has 0 aliphatic rings. The second-order valence-electron chi connectivity index (χ2n) is 4.78. The zero-order chi connectivity index (χ0) is 15.3. The molecule has 112 valence electrons. The summed E-state index contributed by atoms with van der Waals surface area (Å²) in [4.78, 5) is 23.2. The fourth-order valence-corrected chi connectivity index (χ4v) is 1.80. The Hall–Kier alpha value is -1.35. The van der Waals surface area contributed by atoms with Crippen LogP contribution in [0.25, 0.3) is 0 Å². The van der Waals surface area contributed by atoms with Crippen molar-refractivity contribution in [3.05, 3.63) is 0 Å². The number of hydrogen-bond acceptors (Lipinski definition) is 5. The molecule has 0 aliphatic carbocycles. The summed E-state index contributed by atoms with van der Waals surface area (Å²) < 4.78 is 21.9. The summed E-state index contributed by atoms with van der Waals surface area (Å²) in [5.74, 6) is -1.34. The van der Waals surface area contributed by atoms with Gasteiger partial charge in [0.2, 0.25) is 0 Å². The molecule has 0 fully saturated rings. The largest absolute Gasteiger partial charge is 0.481 e. The van der Waals surface area contributed by atoms with E-state index in [2.05, 4.69) is 5.32 Å². The minimum Gasteiger partial charge on any atom is -0.481 e. The molecule has 3 N–H and O–H groups in total. The molecule has 0 saturated carbocycles. The van der Waals surface area contributed by atoms with E-state index >= 15 is 0 Å². The zero-order valence-corrected chi connectivity index (χ0v) is 12.0. The summed E-state index contributed by atoms with van der Waals surface area (Å²) in [7, 11) is -1.75. The molecule has 9 heteroatoms. The van der Waals surface area contributed by atoms with Gasteiger partial charge in [0, 0.05) is 26.4 Å². The first kappa shape index (κ1) is 17.6. The molecule has 0 aromatic carbocycles. The lowest BCUT2D eigenvalue weighted by Crippen LogP contribution is -2.47. The Bertz CT molecular complexity index is 431. The molecule has 1 atom stereocenters. The van der Waals surface area contributed by atoms with Gasteiger partial charge >= 0.3 is 12.0 Å². The van der Waals surface area contributed by atoms with Crippen LogP contribution in [0.4, 0.5) is 4.79 Å². The Kier molecular flexibility index (Phi) is 6.23. The average molecular weight is 296 g/mol. The number of nitrogens with one attached hydrogen (secondary N) is 1. The van der Waals surface area contributed by atoms with Crippen molar-refractivity contribution in [3.63, 3.8) is 0 Å². The maximum absolute atomic E-state index is 11.6. The van der Waals surface area contributed by atoms with Gasteiger partial charge in [0.1, 0.15) is 9.84 Å². The van der Waals surface area contributed by atoms with Crippen molar-refractivity contribution in [3.8, 4) is 0 Å². The highest BCUT2D eigenvalue weighted by molar-refractivity contribution is 7.90. The van der Waals surface area contributed by atoms with Crippen LogP contribution in [0.3, 0.4) is 0 Å². The summed E-state index contributed by atoms with van der Waals surface area (Å²) in [5, 5.41) is 20.6. The van der Waals surface area contributed by atoms with Crippen molar-refractivity contribution in [2.24, 2.45) is 0 Å². The first-order chi connectivity index (χ1) is 8.43. The molecule has 8 nitrogen and oxygen atoms in total. The molecule has 19 heavy (non-hydrogen) atoms. The number of urea groups is 1. The van der Waals surface area contributed by atoms with E-state index < -0.39 is 33.9 Å². The van der Waals surface area contributed by atoms with E-state index in [9.17, 15) is 23.1 Å². The lowest BCUT2D eigenvalue weighted by molar-refractivity contribution is -0.141. The third-order valence-electron chi connectivity index (χ3n) is 2.30. The molecule has 0 aromatic rings. The smallest absolute Gasteiger partial charge is 0.317 e. The Morgan fingerprint density at radius 2 is 1.89 bits per heavy atom. The predicted octanol–water partition coefficient (Wildman–Crippen LogP) is -1.10. The van der Waals surface area contributed by atoms with Gasteiger partial charge in [-0.15, -0.1) is 0 Å². The number of rotatable bonds is 7. The minimum absolute atomic E-state index is 0.0196. The average Bonchev–Trinajstić information content (AvgIpc) is 2.19. The fraction of sp³-hybridized carbons (Fsp3) is 0.800. The normalized spacial score (nSPS) is 14.5. The molecule has 0 aromatic heterocycles. The first-order valence-corrected chi connectivity index (χ1v) is 7.60. The maximum atomic E-state index is 11.6. The number of aliphatic carboxylic acids is 1. The monoisotopic (exact) mass is 296 g/mol. The minimum atomic E-state index is -3.16. The Balaban J connectivity index is 4.20. The maximum Gasteiger partial charge on any atom is 0.317 e. The van der Waals surface area contributed by atoms with Gasteiger partial charge in [0.15, 0.2) is 0 Å². The summed E-state index contributed by atoms with van der Waals surface area (Å²) in [6, 6.07) is -0.575. The number of sulfone groups is 1. The van der Waals surface area contributed by atoms with Crippen molar-refractivity contribution in [1.82, 2.24) is 10.2 Å². The number of carboxylic acids is 1. The van der Waals surface area contributed by atoms with Crippen LogP contribution in [-0.4, -0.2) is 73.3 Å². The second-order valence-corrected chi connectivity index (χ2v) is 7.04. The molecular weight excluding hydrogens is 276 g/mol. The lowest BCUT2D eigenvalue weighted by atomic mass is 10.0. The van der Waals surface area contributed by atoms with E-state index in [1.54, 1.807) is 0 Å². The van der Waals surface area contributed by atoms with Gasteiger partial charge in [-0.3, -0.25) is 4.79 Å². The summed E-state index contributed by atoms with van der Waals surface area (Å²) in [5.41, 5.74) is -1.56. The molecule has 2 amide bonds. The van der Waals surface area contributed by atoms with E-state index in [4.69, 9.17) is 5.11 Å². The van der Waals surface area contributed by atoms with E-state index in [1.165, 1.54) is 14.0 Å². The van der Waals surface area contributed by atoms with Crippen LogP contribution in [0.15, 0.2) is 0 Å². The van der Waals surface area contributed by atoms with Crippen LogP contribution in [0, 0.1) is 0 Å². The standard InChI is InChI=1S/C10H20N2O6S/c1-10(16,6-8(13)14)7-11-9(15)12(2)4-5-19(3,17)18/h16H,4-7H2,1-3H3,(H,11,15)(H,13,14). The molecular formula is C10H20N2O6S. The number of nitrogens with zero attached hydrogens (tertiary/aromatic N) is 1. The molecule has 0 bridgehead atoms. The number of aliphatic hydroxyl groups is 1. The van der Waals surface area contributed by atoms with Crippen molar-refractivity contribution in [1.29, 1.82) is 0 Å². The topological polar surface area (TPSA) is 124 Å². The molecule has 0 aliphatic heterocycles. The Labute approximate surface area is 112 Å². The zero-order valence-electron chi connectivity index (χ0n) is 11.2. The number of carbonyl (C=O) groups excluding carboxylic acids is 1. The Morgan fingerprint density at radius 1 is 1.37 bits per heavy atom. The first-order valence-electron chi connectivity index (χ1n) is 5.54. The van der Waals surface area contributed by atoms with Gasteiger partial charge < -0.3 is 20.4 Å². The van der Waals surface area contributed by atoms with Crippen LogP contribution in [-0.2, 0) is 14.6 Å². The Morgan fingerprint density at radius 3 is 2.32 bits per heavy atom. The van der Waals surface area contributed by atoms with Crippen molar-refractivity contribution in [2.45, 2.75) is 18.9 Å². The van der Waals surface area contributed by atoms with E-state index in [1.807, 2.05) is 0 Å². The highest BCUT2D eigenvalue weighted by atomic mass is 32.2. The van der Waals surface area contributed by atoms with Gasteiger partial charge in [-0.2, -0.15) is 0 Å². The molecule has 1 unspecified atom stereocenters. The van der Waals surface area contributed by atoms with E-state index in [-0.39, 0.29) is 18.8 Å². The van der Waals surface area contributed by atoms with E-state index in [0.29, 0.717) is 0 Å². The second kappa shape index (κ2) is 6.71.